The molecule has 0 spiro atoms. The number of hydrogen-bond donors (Lipinski definition) is 1. The molecule has 3 heterocycles. The number of nitrogens with one attached hydrogen (secondary N) is 1. The molecule has 1 fully saturated rings. The van der Waals surface area contributed by atoms with E-state index in [-0.39, 0.29) is 11.9 Å². The van der Waals surface area contributed by atoms with Crippen LogP contribution in [-0.2, 0) is 4.79 Å². The first kappa shape index (κ1) is 20.2. The lowest BCUT2D eigenvalue weighted by molar-refractivity contribution is -0.132. The molecule has 2 aromatic heterocycles. The van der Waals surface area contributed by atoms with Crippen LogP contribution in [-0.4, -0.2) is 51.6 Å². The molecule has 1 N–H and O–H groups in total. The Labute approximate surface area is 177 Å². The van der Waals surface area contributed by atoms with Gasteiger partial charge in [-0.05, 0) is 55.2 Å². The average molecular weight is 408 g/mol. The maximum absolute atomic E-state index is 12.5. The quantitative estimate of drug-likeness (QED) is 0.644. The molecule has 1 aliphatic heterocycles. The summed E-state index contributed by atoms with van der Waals surface area (Å²) in [6.45, 7) is 5.74. The number of amides is 1. The molecule has 158 valence electrons. The van der Waals surface area contributed by atoms with Crippen molar-refractivity contribution in [2.24, 2.45) is 5.92 Å². The van der Waals surface area contributed by atoms with Crippen LogP contribution < -0.4 is 10.1 Å². The largest absolute Gasteiger partial charge is 0.497 e. The lowest BCUT2D eigenvalue weighted by Crippen LogP contribution is -2.40. The monoisotopic (exact) mass is 407 g/mol. The van der Waals surface area contributed by atoms with E-state index < -0.39 is 0 Å². The smallest absolute Gasteiger partial charge is 0.223 e. The maximum Gasteiger partial charge on any atom is 0.223 e. The molecule has 1 amide bonds. The Morgan fingerprint density at radius 2 is 2.03 bits per heavy atom. The first-order valence-electron chi connectivity index (χ1n) is 10.6. The molecule has 0 bridgehead atoms. The topological polar surface area (TPSA) is 71.8 Å². The number of imidazole rings is 1. The summed E-state index contributed by atoms with van der Waals surface area (Å²) in [4.78, 5) is 19.0. The van der Waals surface area contributed by atoms with E-state index in [2.05, 4.69) is 24.1 Å². The molecule has 1 unspecified atom stereocenters. The summed E-state index contributed by atoms with van der Waals surface area (Å²) in [5.74, 6) is 2.23. The highest BCUT2D eigenvalue weighted by Crippen LogP contribution is 2.24. The lowest BCUT2D eigenvalue weighted by Gasteiger charge is -2.26. The molecule has 1 aliphatic rings. The summed E-state index contributed by atoms with van der Waals surface area (Å²) in [5, 5.41) is 8.17. The highest BCUT2D eigenvalue weighted by Gasteiger charge is 2.28. The van der Waals surface area contributed by atoms with Crippen LogP contribution in [0.2, 0.25) is 0 Å². The predicted molar refractivity (Wildman–Crippen MR) is 118 cm³/mol. The minimum absolute atomic E-state index is 0.220. The molecule has 0 aliphatic carbocycles. The second-order valence-corrected chi connectivity index (χ2v) is 8.22. The van der Waals surface area contributed by atoms with Gasteiger partial charge in [-0.2, -0.15) is 0 Å². The number of aromatic nitrogens is 3. The van der Waals surface area contributed by atoms with Gasteiger partial charge in [-0.25, -0.2) is 9.50 Å². The van der Waals surface area contributed by atoms with Crippen molar-refractivity contribution in [3.63, 3.8) is 0 Å². The third-order valence-corrected chi connectivity index (χ3v) is 5.55. The van der Waals surface area contributed by atoms with Crippen molar-refractivity contribution in [2.75, 3.05) is 25.5 Å². The van der Waals surface area contributed by atoms with Gasteiger partial charge in [0, 0.05) is 31.1 Å². The molecule has 1 aromatic carbocycles. The number of benzene rings is 1. The molecule has 3 aromatic rings. The molecule has 7 heteroatoms. The molecule has 0 saturated carbocycles. The van der Waals surface area contributed by atoms with Gasteiger partial charge in [0.2, 0.25) is 5.91 Å². The van der Waals surface area contributed by atoms with Crippen molar-refractivity contribution < 1.29 is 9.53 Å². The van der Waals surface area contributed by atoms with E-state index in [1.807, 2.05) is 52.0 Å². The van der Waals surface area contributed by atoms with Gasteiger partial charge >= 0.3 is 0 Å². The van der Waals surface area contributed by atoms with E-state index in [1.54, 1.807) is 7.11 Å². The highest BCUT2D eigenvalue weighted by atomic mass is 16.5. The Hall–Kier alpha value is -3.09. The van der Waals surface area contributed by atoms with Crippen LogP contribution in [0.1, 0.15) is 33.1 Å². The summed E-state index contributed by atoms with van der Waals surface area (Å²) in [6, 6.07) is 12.0. The Morgan fingerprint density at radius 3 is 2.77 bits per heavy atom. The average Bonchev–Trinajstić information content (AvgIpc) is 3.38. The number of nitrogens with zero attached hydrogens (tertiary/aromatic N) is 4. The summed E-state index contributed by atoms with van der Waals surface area (Å²) in [6.07, 6.45) is 4.53. The number of rotatable bonds is 7. The molecular formula is C23H29N5O2. The van der Waals surface area contributed by atoms with Crippen LogP contribution in [0.3, 0.4) is 0 Å². The van der Waals surface area contributed by atoms with Crippen molar-refractivity contribution in [1.82, 2.24) is 19.5 Å². The van der Waals surface area contributed by atoms with Crippen molar-refractivity contribution in [1.29, 1.82) is 0 Å². The van der Waals surface area contributed by atoms with E-state index in [0.717, 1.165) is 47.9 Å². The molecular weight excluding hydrogens is 378 g/mol. The van der Waals surface area contributed by atoms with Crippen molar-refractivity contribution in [3.8, 4) is 17.0 Å². The van der Waals surface area contributed by atoms with E-state index in [1.165, 1.54) is 0 Å². The summed E-state index contributed by atoms with van der Waals surface area (Å²) in [5.41, 5.74) is 2.74. The number of hydrogen-bond acceptors (Lipinski definition) is 5. The number of ether oxygens (including phenoxy) is 1. The van der Waals surface area contributed by atoms with Crippen molar-refractivity contribution in [2.45, 2.75) is 39.2 Å². The van der Waals surface area contributed by atoms with Crippen molar-refractivity contribution >= 4 is 17.4 Å². The molecule has 30 heavy (non-hydrogen) atoms. The fraction of sp³-hybridized carbons (Fsp3) is 0.435. The van der Waals surface area contributed by atoms with Gasteiger partial charge in [0.1, 0.15) is 11.6 Å². The van der Waals surface area contributed by atoms with Crippen LogP contribution in [0, 0.1) is 5.92 Å². The van der Waals surface area contributed by atoms with Crippen LogP contribution in [0.5, 0.6) is 5.75 Å². The fourth-order valence-electron chi connectivity index (χ4n) is 3.99. The third-order valence-electron chi connectivity index (χ3n) is 5.55. The third kappa shape index (κ3) is 4.25. The van der Waals surface area contributed by atoms with E-state index in [4.69, 9.17) is 9.84 Å². The van der Waals surface area contributed by atoms with Gasteiger partial charge in [-0.15, -0.1) is 5.10 Å². The summed E-state index contributed by atoms with van der Waals surface area (Å²) >= 11 is 0. The number of methoxy groups -OCH3 is 1. The van der Waals surface area contributed by atoms with Crippen LogP contribution in [0.25, 0.3) is 16.9 Å². The van der Waals surface area contributed by atoms with Gasteiger partial charge in [0.15, 0.2) is 5.65 Å². The van der Waals surface area contributed by atoms with Crippen LogP contribution in [0.15, 0.2) is 42.6 Å². The van der Waals surface area contributed by atoms with E-state index >= 15 is 0 Å². The summed E-state index contributed by atoms with van der Waals surface area (Å²) < 4.78 is 7.09. The first-order chi connectivity index (χ1) is 14.5. The number of carbonyl (C=O) groups excluding carboxylic acids is 1. The number of fused-ring (bicyclic) bond motifs is 1. The maximum atomic E-state index is 12.5. The number of likely N-dealkylation sites (tertiary alicyclic amines) is 1. The van der Waals surface area contributed by atoms with Crippen LogP contribution in [0.4, 0.5) is 5.82 Å². The molecule has 1 atom stereocenters. The van der Waals surface area contributed by atoms with Gasteiger partial charge in [-0.1, -0.05) is 13.8 Å². The second kappa shape index (κ2) is 8.73. The van der Waals surface area contributed by atoms with Gasteiger partial charge in [0.25, 0.3) is 0 Å². The normalized spacial score (nSPS) is 16.4. The van der Waals surface area contributed by atoms with Gasteiger partial charge in [0.05, 0.1) is 19.0 Å². The Balaban J connectivity index is 1.49. The SMILES string of the molecule is COc1ccc(-c2cnc3ccc(NCC4CCCN4C(=O)CC(C)C)nn23)cc1. The molecule has 0 radical (unpaired) electrons. The minimum atomic E-state index is 0.220. The molecule has 1 saturated heterocycles. The van der Waals surface area contributed by atoms with Gasteiger partial charge < -0.3 is 15.0 Å². The highest BCUT2D eigenvalue weighted by molar-refractivity contribution is 5.77. The number of anilines is 1. The van der Waals surface area contributed by atoms with Crippen molar-refractivity contribution in [3.05, 3.63) is 42.6 Å². The fourth-order valence-corrected chi connectivity index (χ4v) is 3.99. The standard InChI is InChI=1S/C23H29N5O2/c1-16(2)13-23(29)27-12-4-5-18(27)14-24-21-10-11-22-25-15-20(28(22)26-21)17-6-8-19(30-3)9-7-17/h6-11,15-16,18H,4-5,12-14H2,1-3H3,(H,24,26). The van der Waals surface area contributed by atoms with Gasteiger partial charge in [-0.3, -0.25) is 4.79 Å². The minimum Gasteiger partial charge on any atom is -0.497 e. The lowest BCUT2D eigenvalue weighted by atomic mass is 10.1. The van der Waals surface area contributed by atoms with Crippen LogP contribution >= 0.6 is 0 Å². The zero-order valence-electron chi connectivity index (χ0n) is 17.8. The zero-order valence-corrected chi connectivity index (χ0v) is 17.8. The Kier molecular flexibility index (Phi) is 5.88. The second-order valence-electron chi connectivity index (χ2n) is 8.22. The molecule has 4 rings (SSSR count). The Morgan fingerprint density at radius 1 is 1.23 bits per heavy atom. The summed E-state index contributed by atoms with van der Waals surface area (Å²) in [7, 11) is 1.66. The van der Waals surface area contributed by atoms with E-state index in [0.29, 0.717) is 18.9 Å². The zero-order chi connectivity index (χ0) is 21.1. The predicted octanol–water partition coefficient (Wildman–Crippen LogP) is 3.85. The first-order valence-corrected chi connectivity index (χ1v) is 10.6. The number of carbonyl (C=O) groups is 1. The van der Waals surface area contributed by atoms with E-state index in [9.17, 15) is 4.79 Å². The molecule has 7 nitrogen and oxygen atoms in total. The Bertz CT molecular complexity index is 1010.